The molecule has 0 spiro atoms. The SMILES string of the molecule is CC.CN1CCN(c2cnn(C)c(=O)c2)CC1.C[C@@H](Nc1ccc(F)cc1C(F)(F)F)c1cc(F)cc2c(=O)n(C)ccc12. The maximum atomic E-state index is 14.0. The van der Waals surface area contributed by atoms with Crippen LogP contribution in [0.4, 0.5) is 33.3 Å². The second kappa shape index (κ2) is 14.5. The van der Waals surface area contributed by atoms with Crippen LogP contribution < -0.4 is 21.3 Å². The van der Waals surface area contributed by atoms with Crippen molar-refractivity contribution in [2.24, 2.45) is 14.1 Å². The predicted molar refractivity (Wildman–Crippen MR) is 163 cm³/mol. The van der Waals surface area contributed by atoms with Gasteiger partial charge in [-0.25, -0.2) is 13.5 Å². The van der Waals surface area contributed by atoms with Crippen LogP contribution in [-0.2, 0) is 20.3 Å². The quantitative estimate of drug-likeness (QED) is 0.301. The lowest BCUT2D eigenvalue weighted by molar-refractivity contribution is -0.137. The van der Waals surface area contributed by atoms with Gasteiger partial charge in [-0.15, -0.1) is 0 Å². The molecule has 1 aliphatic rings. The van der Waals surface area contributed by atoms with Gasteiger partial charge in [0.15, 0.2) is 0 Å². The number of nitrogens with zero attached hydrogens (tertiary/aromatic N) is 5. The highest BCUT2D eigenvalue weighted by atomic mass is 19.4. The van der Waals surface area contributed by atoms with Crippen LogP contribution in [0.5, 0.6) is 0 Å². The summed E-state index contributed by atoms with van der Waals surface area (Å²) in [4.78, 5) is 28.1. The van der Waals surface area contributed by atoms with E-state index >= 15 is 0 Å². The van der Waals surface area contributed by atoms with Crippen LogP contribution >= 0.6 is 0 Å². The molecule has 1 saturated heterocycles. The van der Waals surface area contributed by atoms with E-state index in [1.54, 1.807) is 25.4 Å². The molecular formula is C31H37F5N6O2. The van der Waals surface area contributed by atoms with Gasteiger partial charge in [-0.05, 0) is 61.3 Å². The molecule has 4 aromatic rings. The van der Waals surface area contributed by atoms with E-state index in [4.69, 9.17) is 0 Å². The zero-order chi connectivity index (χ0) is 32.8. The average Bonchev–Trinajstić information content (AvgIpc) is 2.98. The Balaban J connectivity index is 0.000000262. The first-order valence-corrected chi connectivity index (χ1v) is 14.1. The van der Waals surface area contributed by atoms with Crippen LogP contribution in [0, 0.1) is 11.6 Å². The number of fused-ring (bicyclic) bond motifs is 1. The number of benzene rings is 2. The second-order valence-corrected chi connectivity index (χ2v) is 10.2. The number of aryl methyl sites for hydroxylation is 2. The Bertz CT molecular complexity index is 1690. The third-order valence-electron chi connectivity index (χ3n) is 7.14. The number of halogens is 5. The van der Waals surface area contributed by atoms with Crippen molar-refractivity contribution in [2.75, 3.05) is 43.4 Å². The van der Waals surface area contributed by atoms with E-state index < -0.39 is 35.0 Å². The molecule has 0 radical (unpaired) electrons. The summed E-state index contributed by atoms with van der Waals surface area (Å²) in [5, 5.41) is 7.22. The highest BCUT2D eigenvalue weighted by Crippen LogP contribution is 2.37. The Kier molecular flexibility index (Phi) is 11.3. The van der Waals surface area contributed by atoms with Gasteiger partial charge in [0.2, 0.25) is 0 Å². The summed E-state index contributed by atoms with van der Waals surface area (Å²) in [6.07, 6.45) is -1.51. The molecule has 0 amide bonds. The first-order valence-electron chi connectivity index (χ1n) is 14.1. The van der Waals surface area contributed by atoms with Crippen molar-refractivity contribution >= 4 is 22.1 Å². The lowest BCUT2D eigenvalue weighted by atomic mass is 9.99. The van der Waals surface area contributed by atoms with E-state index in [1.165, 1.54) is 29.4 Å². The largest absolute Gasteiger partial charge is 0.418 e. The summed E-state index contributed by atoms with van der Waals surface area (Å²) in [7, 11) is 5.29. The fraction of sp³-hybridized carbons (Fsp3) is 0.387. The highest BCUT2D eigenvalue weighted by Gasteiger charge is 2.34. The van der Waals surface area contributed by atoms with Crippen LogP contribution in [0.15, 0.2) is 64.4 Å². The van der Waals surface area contributed by atoms with E-state index in [2.05, 4.69) is 27.3 Å². The molecule has 238 valence electrons. The van der Waals surface area contributed by atoms with Crippen molar-refractivity contribution < 1.29 is 22.0 Å². The molecule has 0 aliphatic carbocycles. The van der Waals surface area contributed by atoms with Gasteiger partial charge in [-0.3, -0.25) is 9.59 Å². The lowest BCUT2D eigenvalue weighted by Gasteiger charge is -2.33. The number of pyridine rings is 1. The van der Waals surface area contributed by atoms with E-state index in [-0.39, 0.29) is 16.6 Å². The van der Waals surface area contributed by atoms with Crippen molar-refractivity contribution in [1.82, 2.24) is 19.2 Å². The Labute approximate surface area is 252 Å². The van der Waals surface area contributed by atoms with E-state index in [0.717, 1.165) is 56.1 Å². The number of alkyl halides is 3. The maximum absolute atomic E-state index is 14.0. The average molecular weight is 621 g/mol. The monoisotopic (exact) mass is 620 g/mol. The van der Waals surface area contributed by atoms with Gasteiger partial charge in [-0.1, -0.05) is 13.8 Å². The highest BCUT2D eigenvalue weighted by molar-refractivity contribution is 5.85. The summed E-state index contributed by atoms with van der Waals surface area (Å²) in [6, 6.07) is 7.01. The van der Waals surface area contributed by atoms with E-state index in [0.29, 0.717) is 17.0 Å². The number of hydrogen-bond acceptors (Lipinski definition) is 6. The Morgan fingerprint density at radius 1 is 0.864 bits per heavy atom. The summed E-state index contributed by atoms with van der Waals surface area (Å²) in [5.74, 6) is -1.69. The minimum absolute atomic E-state index is 0.0496. The Morgan fingerprint density at radius 3 is 2.14 bits per heavy atom. The minimum atomic E-state index is -4.76. The van der Waals surface area contributed by atoms with Gasteiger partial charge < -0.3 is 19.7 Å². The standard InChI is InChI=1S/C19H15F5N2O.C10H16N4O.C2H6/c1-10(25-17-4-3-11(20)9-16(17)19(22,23)24)14-7-12(21)8-15-13(14)5-6-26(2)18(15)27;1-12-3-5-14(6-4-12)9-7-10(15)13(2)11-8-9;1-2/h3-10,25H,1-2H3;7-8H,3-6H2,1-2H3;1-2H3/t10-;;/m1../s1. The number of piperazine rings is 1. The molecule has 2 aromatic heterocycles. The van der Waals surface area contributed by atoms with Crippen LogP contribution in [0.3, 0.4) is 0 Å². The molecule has 3 heterocycles. The van der Waals surface area contributed by atoms with Gasteiger partial charge in [0.25, 0.3) is 11.1 Å². The van der Waals surface area contributed by atoms with E-state index in [1.807, 2.05) is 13.8 Å². The molecule has 8 nitrogen and oxygen atoms in total. The van der Waals surface area contributed by atoms with Crippen molar-refractivity contribution in [3.63, 3.8) is 0 Å². The first kappa shape index (κ1) is 34.2. The fourth-order valence-electron chi connectivity index (χ4n) is 4.69. The van der Waals surface area contributed by atoms with Crippen LogP contribution in [0.25, 0.3) is 10.8 Å². The molecule has 0 saturated carbocycles. The third-order valence-corrected chi connectivity index (χ3v) is 7.14. The topological polar surface area (TPSA) is 75.4 Å². The molecule has 2 aromatic carbocycles. The van der Waals surface area contributed by atoms with Crippen LogP contribution in [0.1, 0.15) is 37.9 Å². The molecule has 44 heavy (non-hydrogen) atoms. The number of aromatic nitrogens is 3. The number of rotatable bonds is 4. The number of likely N-dealkylation sites (N-methyl/N-ethyl adjacent to an activating group) is 1. The van der Waals surface area contributed by atoms with Crippen LogP contribution in [0.2, 0.25) is 0 Å². The molecule has 1 atom stereocenters. The van der Waals surface area contributed by atoms with Crippen LogP contribution in [-0.4, -0.2) is 52.5 Å². The number of hydrogen-bond donors (Lipinski definition) is 1. The molecule has 5 rings (SSSR count). The van der Waals surface area contributed by atoms with Gasteiger partial charge in [0.05, 0.1) is 22.8 Å². The summed E-state index contributed by atoms with van der Waals surface area (Å²) >= 11 is 0. The maximum Gasteiger partial charge on any atom is 0.418 e. The van der Waals surface area contributed by atoms with Gasteiger partial charge in [0.1, 0.15) is 11.6 Å². The molecule has 1 fully saturated rings. The molecule has 1 aliphatic heterocycles. The van der Waals surface area contributed by atoms with Gasteiger partial charge >= 0.3 is 6.18 Å². The summed E-state index contributed by atoms with van der Waals surface area (Å²) < 4.78 is 69.5. The minimum Gasteiger partial charge on any atom is -0.378 e. The zero-order valence-corrected chi connectivity index (χ0v) is 25.5. The molecule has 0 bridgehead atoms. The number of anilines is 2. The number of nitrogens with one attached hydrogen (secondary N) is 1. The second-order valence-electron chi connectivity index (χ2n) is 10.2. The smallest absolute Gasteiger partial charge is 0.378 e. The van der Waals surface area contributed by atoms with Crippen molar-refractivity contribution in [3.05, 3.63) is 98.3 Å². The first-order chi connectivity index (χ1) is 20.7. The summed E-state index contributed by atoms with van der Waals surface area (Å²) in [6.45, 7) is 9.54. The summed E-state index contributed by atoms with van der Waals surface area (Å²) in [5.41, 5.74) is -0.709. The van der Waals surface area contributed by atoms with E-state index in [9.17, 15) is 31.5 Å². The normalized spacial score (nSPS) is 14.3. The van der Waals surface area contributed by atoms with Gasteiger partial charge in [0, 0.05) is 64.3 Å². The lowest BCUT2D eigenvalue weighted by Crippen LogP contribution is -2.45. The molecule has 0 unspecified atom stereocenters. The third kappa shape index (κ3) is 8.22. The predicted octanol–water partition coefficient (Wildman–Crippen LogP) is 5.57. The van der Waals surface area contributed by atoms with Crippen molar-refractivity contribution in [3.8, 4) is 0 Å². The zero-order valence-electron chi connectivity index (χ0n) is 25.5. The van der Waals surface area contributed by atoms with Crippen molar-refractivity contribution in [1.29, 1.82) is 0 Å². The molecule has 13 heteroatoms. The Morgan fingerprint density at radius 2 is 1.52 bits per heavy atom. The molecular weight excluding hydrogens is 583 g/mol. The fourth-order valence-corrected chi connectivity index (χ4v) is 4.69. The van der Waals surface area contributed by atoms with Gasteiger partial charge in [-0.2, -0.15) is 18.3 Å². The van der Waals surface area contributed by atoms with Crippen molar-refractivity contribution in [2.45, 2.75) is 33.0 Å². The molecule has 1 N–H and O–H groups in total. The Hall–Kier alpha value is -4.26.